The minimum atomic E-state index is 0.619. The zero-order valence-electron chi connectivity index (χ0n) is 8.05. The second-order valence-electron chi connectivity index (χ2n) is 3.26. The molecule has 2 heteroatoms. The highest BCUT2D eigenvalue weighted by molar-refractivity contribution is 5.46. The fraction of sp³-hybridized carbons (Fsp3) is 0.333. The van der Waals surface area contributed by atoms with Crippen LogP contribution >= 0.6 is 0 Å². The highest BCUT2D eigenvalue weighted by Crippen LogP contribution is 2.25. The van der Waals surface area contributed by atoms with Gasteiger partial charge in [0.05, 0.1) is 6.61 Å². The molecule has 0 radical (unpaired) electrons. The van der Waals surface area contributed by atoms with Crippen LogP contribution in [0.15, 0.2) is 18.2 Å². The number of hydrogen-bond donors (Lipinski definition) is 1. The van der Waals surface area contributed by atoms with E-state index in [-0.39, 0.29) is 0 Å². The van der Waals surface area contributed by atoms with Crippen LogP contribution < -0.4 is 10.5 Å². The van der Waals surface area contributed by atoms with Crippen LogP contribution in [-0.4, -0.2) is 13.2 Å². The molecule has 0 spiro atoms. The molecule has 72 valence electrons. The van der Waals surface area contributed by atoms with Crippen molar-refractivity contribution in [2.75, 3.05) is 13.2 Å². The highest BCUT2D eigenvalue weighted by atomic mass is 16.5. The van der Waals surface area contributed by atoms with E-state index in [4.69, 9.17) is 10.5 Å². The Hall–Kier alpha value is -1.46. The largest absolute Gasteiger partial charge is 0.493 e. The van der Waals surface area contributed by atoms with E-state index in [2.05, 4.69) is 17.9 Å². The zero-order chi connectivity index (χ0) is 9.80. The first-order valence-electron chi connectivity index (χ1n) is 4.85. The van der Waals surface area contributed by atoms with E-state index in [9.17, 15) is 0 Å². The zero-order valence-corrected chi connectivity index (χ0v) is 8.05. The SMILES string of the molecule is NCCC#Cc1ccc2c(c1)OCC2. The first-order valence-corrected chi connectivity index (χ1v) is 4.85. The molecule has 1 aliphatic rings. The molecule has 0 unspecified atom stereocenters. The maximum Gasteiger partial charge on any atom is 0.123 e. The standard InChI is InChI=1S/C12H13NO/c13-7-2-1-3-10-4-5-11-6-8-14-12(11)9-10/h4-5,9H,2,6-8,13H2. The molecule has 2 rings (SSSR count). The van der Waals surface area contributed by atoms with E-state index in [0.717, 1.165) is 30.8 Å². The lowest BCUT2D eigenvalue weighted by Crippen LogP contribution is -1.95. The Morgan fingerprint density at radius 1 is 1.43 bits per heavy atom. The number of hydrogen-bond acceptors (Lipinski definition) is 2. The number of nitrogens with two attached hydrogens (primary N) is 1. The lowest BCUT2D eigenvalue weighted by molar-refractivity contribution is 0.356. The highest BCUT2D eigenvalue weighted by Gasteiger charge is 2.10. The van der Waals surface area contributed by atoms with Crippen molar-refractivity contribution < 1.29 is 4.74 Å². The first-order chi connectivity index (χ1) is 6.90. The van der Waals surface area contributed by atoms with Crippen LogP contribution in [0, 0.1) is 11.8 Å². The fourth-order valence-electron chi connectivity index (χ4n) is 1.48. The third-order valence-electron chi connectivity index (χ3n) is 2.20. The summed E-state index contributed by atoms with van der Waals surface area (Å²) in [5.74, 6) is 7.07. The molecule has 1 heterocycles. The summed E-state index contributed by atoms with van der Waals surface area (Å²) in [4.78, 5) is 0. The van der Waals surface area contributed by atoms with Gasteiger partial charge in [-0.1, -0.05) is 17.9 Å². The molecule has 0 amide bonds. The Bertz CT molecular complexity index is 387. The molecule has 0 saturated carbocycles. The lowest BCUT2D eigenvalue weighted by atomic mass is 10.1. The van der Waals surface area contributed by atoms with Gasteiger partial charge in [0.15, 0.2) is 0 Å². The molecule has 1 aliphatic heterocycles. The summed E-state index contributed by atoms with van der Waals surface area (Å²) in [6, 6.07) is 6.14. The topological polar surface area (TPSA) is 35.2 Å². The van der Waals surface area contributed by atoms with Crippen LogP contribution in [0.1, 0.15) is 17.5 Å². The third-order valence-corrected chi connectivity index (χ3v) is 2.20. The third kappa shape index (κ3) is 1.89. The monoisotopic (exact) mass is 187 g/mol. The quantitative estimate of drug-likeness (QED) is 0.673. The summed E-state index contributed by atoms with van der Waals surface area (Å²) in [6.07, 6.45) is 1.77. The van der Waals surface area contributed by atoms with Crippen molar-refractivity contribution in [2.45, 2.75) is 12.8 Å². The minimum Gasteiger partial charge on any atom is -0.493 e. The molecule has 1 aromatic rings. The van der Waals surface area contributed by atoms with Crippen LogP contribution in [0.4, 0.5) is 0 Å². The van der Waals surface area contributed by atoms with Crippen LogP contribution in [0.2, 0.25) is 0 Å². The van der Waals surface area contributed by atoms with Gasteiger partial charge in [0.25, 0.3) is 0 Å². The van der Waals surface area contributed by atoms with Gasteiger partial charge in [0.1, 0.15) is 5.75 Å². The van der Waals surface area contributed by atoms with Crippen molar-refractivity contribution in [1.82, 2.24) is 0 Å². The van der Waals surface area contributed by atoms with Gasteiger partial charge in [0, 0.05) is 24.9 Å². The summed E-state index contributed by atoms with van der Waals surface area (Å²) in [5, 5.41) is 0. The summed E-state index contributed by atoms with van der Waals surface area (Å²) in [6.45, 7) is 1.42. The summed E-state index contributed by atoms with van der Waals surface area (Å²) in [5.41, 5.74) is 7.66. The minimum absolute atomic E-state index is 0.619. The van der Waals surface area contributed by atoms with Crippen LogP contribution in [0.3, 0.4) is 0 Å². The van der Waals surface area contributed by atoms with Crippen LogP contribution in [0.5, 0.6) is 5.75 Å². The van der Waals surface area contributed by atoms with E-state index < -0.39 is 0 Å². The van der Waals surface area contributed by atoms with E-state index in [1.807, 2.05) is 12.1 Å². The number of benzene rings is 1. The molecule has 0 fully saturated rings. The van der Waals surface area contributed by atoms with E-state index >= 15 is 0 Å². The molecule has 2 N–H and O–H groups in total. The smallest absolute Gasteiger partial charge is 0.123 e. The van der Waals surface area contributed by atoms with Gasteiger partial charge < -0.3 is 10.5 Å². The predicted octanol–water partition coefficient (Wildman–Crippen LogP) is 1.32. The first kappa shape index (κ1) is 9.11. The van der Waals surface area contributed by atoms with E-state index in [0.29, 0.717) is 6.54 Å². The molecule has 1 aromatic carbocycles. The van der Waals surface area contributed by atoms with Gasteiger partial charge in [-0.15, -0.1) is 0 Å². The maximum atomic E-state index is 5.45. The number of ether oxygens (including phenoxy) is 1. The molecule has 0 aliphatic carbocycles. The van der Waals surface area contributed by atoms with Crippen LogP contribution in [0.25, 0.3) is 0 Å². The molecular weight excluding hydrogens is 174 g/mol. The van der Waals surface area contributed by atoms with Crippen molar-refractivity contribution >= 4 is 0 Å². The fourth-order valence-corrected chi connectivity index (χ4v) is 1.48. The van der Waals surface area contributed by atoms with E-state index in [1.165, 1.54) is 5.56 Å². The summed E-state index contributed by atoms with van der Waals surface area (Å²) in [7, 11) is 0. The predicted molar refractivity (Wildman–Crippen MR) is 56.2 cm³/mol. The molecule has 0 atom stereocenters. The van der Waals surface area contributed by atoms with Crippen LogP contribution in [-0.2, 0) is 6.42 Å². The normalized spacial score (nSPS) is 12.6. The molecule has 14 heavy (non-hydrogen) atoms. The number of rotatable bonds is 1. The van der Waals surface area contributed by atoms with Crippen molar-refractivity contribution in [3.05, 3.63) is 29.3 Å². The average Bonchev–Trinajstić information content (AvgIpc) is 2.65. The van der Waals surface area contributed by atoms with Gasteiger partial charge in [-0.05, 0) is 17.7 Å². The lowest BCUT2D eigenvalue weighted by Gasteiger charge is -1.98. The maximum absolute atomic E-state index is 5.45. The Morgan fingerprint density at radius 2 is 2.36 bits per heavy atom. The Morgan fingerprint density at radius 3 is 3.21 bits per heavy atom. The van der Waals surface area contributed by atoms with Crippen molar-refractivity contribution in [3.63, 3.8) is 0 Å². The van der Waals surface area contributed by atoms with Gasteiger partial charge in [-0.25, -0.2) is 0 Å². The second kappa shape index (κ2) is 4.17. The van der Waals surface area contributed by atoms with Gasteiger partial charge in [-0.3, -0.25) is 0 Å². The Kier molecular flexibility index (Phi) is 2.71. The summed E-state index contributed by atoms with van der Waals surface area (Å²) >= 11 is 0. The Labute approximate surface area is 84.1 Å². The Balaban J connectivity index is 2.18. The van der Waals surface area contributed by atoms with Crippen molar-refractivity contribution in [1.29, 1.82) is 0 Å². The number of fused-ring (bicyclic) bond motifs is 1. The molecule has 0 saturated heterocycles. The van der Waals surface area contributed by atoms with Gasteiger partial charge in [0.2, 0.25) is 0 Å². The van der Waals surface area contributed by atoms with Gasteiger partial charge >= 0.3 is 0 Å². The van der Waals surface area contributed by atoms with Crippen molar-refractivity contribution in [3.8, 4) is 17.6 Å². The molecule has 0 bridgehead atoms. The summed E-state index contributed by atoms with van der Waals surface area (Å²) < 4.78 is 5.45. The van der Waals surface area contributed by atoms with E-state index in [1.54, 1.807) is 0 Å². The molecular formula is C12H13NO. The van der Waals surface area contributed by atoms with Crippen molar-refractivity contribution in [2.24, 2.45) is 5.73 Å². The second-order valence-corrected chi connectivity index (χ2v) is 3.26. The average molecular weight is 187 g/mol. The van der Waals surface area contributed by atoms with Gasteiger partial charge in [-0.2, -0.15) is 0 Å². The molecule has 2 nitrogen and oxygen atoms in total. The molecule has 0 aromatic heterocycles.